The first-order valence-corrected chi connectivity index (χ1v) is 15.5. The van der Waals surface area contributed by atoms with E-state index < -0.39 is 18.2 Å². The molecule has 6 atom stereocenters. The largest absolute Gasteiger partial charge is 0.482 e. The van der Waals surface area contributed by atoms with Gasteiger partial charge in [0, 0.05) is 31.5 Å². The number of hydrogen-bond acceptors (Lipinski definition) is 5. The third-order valence-electron chi connectivity index (χ3n) is 8.61. The van der Waals surface area contributed by atoms with Crippen molar-refractivity contribution in [3.05, 3.63) is 39.5 Å². The zero-order valence-electron chi connectivity index (χ0n) is 22.5. The van der Waals surface area contributed by atoms with E-state index in [1.54, 1.807) is 6.08 Å². The predicted molar refractivity (Wildman–Crippen MR) is 156 cm³/mol. The van der Waals surface area contributed by atoms with E-state index in [1.807, 2.05) is 29.2 Å². The van der Waals surface area contributed by atoms with E-state index in [0.717, 1.165) is 41.6 Å². The van der Waals surface area contributed by atoms with Crippen LogP contribution in [0.25, 0.3) is 0 Å². The highest BCUT2D eigenvalue weighted by atomic mass is 127. The number of aliphatic hydroxyl groups is 2. The van der Waals surface area contributed by atoms with Crippen LogP contribution < -0.4 is 10.1 Å². The van der Waals surface area contributed by atoms with Crippen LogP contribution in [0.2, 0.25) is 0 Å². The molecular formula is C30H43IN2O5. The first-order valence-electron chi connectivity index (χ1n) is 14.4. The minimum atomic E-state index is -0.962. The Morgan fingerprint density at radius 3 is 2.66 bits per heavy atom. The Morgan fingerprint density at radius 1 is 1.16 bits per heavy atom. The number of benzene rings is 1. The van der Waals surface area contributed by atoms with Gasteiger partial charge in [0.25, 0.3) is 0 Å². The average Bonchev–Trinajstić information content (AvgIpc) is 3.53. The van der Waals surface area contributed by atoms with Gasteiger partial charge in [-0.1, -0.05) is 44.7 Å². The summed E-state index contributed by atoms with van der Waals surface area (Å²) in [6, 6.07) is 7.03. The summed E-state index contributed by atoms with van der Waals surface area (Å²) in [6.45, 7) is 2.73. The van der Waals surface area contributed by atoms with E-state index in [4.69, 9.17) is 4.74 Å². The number of fused-ring (bicyclic) bond motifs is 2. The van der Waals surface area contributed by atoms with Crippen molar-refractivity contribution < 1.29 is 24.5 Å². The van der Waals surface area contributed by atoms with Gasteiger partial charge in [-0.3, -0.25) is 9.59 Å². The summed E-state index contributed by atoms with van der Waals surface area (Å²) in [5, 5.41) is 23.6. The molecule has 0 radical (unpaired) electrons. The molecular weight excluding hydrogens is 595 g/mol. The van der Waals surface area contributed by atoms with Gasteiger partial charge in [-0.05, 0) is 84.2 Å². The van der Waals surface area contributed by atoms with Gasteiger partial charge in [0.05, 0.1) is 16.2 Å². The number of halogens is 1. The molecule has 3 aliphatic rings. The van der Waals surface area contributed by atoms with Crippen LogP contribution in [0.4, 0.5) is 0 Å². The number of unbranched alkanes of at least 4 members (excludes halogenated alkanes) is 3. The van der Waals surface area contributed by atoms with Crippen LogP contribution in [0.5, 0.6) is 5.75 Å². The Balaban J connectivity index is 1.57. The van der Waals surface area contributed by atoms with Crippen molar-refractivity contribution in [2.24, 2.45) is 17.8 Å². The lowest BCUT2D eigenvalue weighted by Gasteiger charge is -2.41. The van der Waals surface area contributed by atoms with E-state index in [1.165, 1.54) is 19.3 Å². The van der Waals surface area contributed by atoms with Gasteiger partial charge in [-0.15, -0.1) is 0 Å². The van der Waals surface area contributed by atoms with E-state index in [0.29, 0.717) is 36.1 Å². The maximum absolute atomic E-state index is 13.9. The SMILES string of the molecule is CCCCCCN(C(=O)CC1CC2CCC1C2)[C@@H]1CC(C(=O)NCCO)=C[C@H](Oc2ccccc2I)[C@H]1O. The number of nitrogens with one attached hydrogen (secondary N) is 1. The van der Waals surface area contributed by atoms with Gasteiger partial charge in [-0.25, -0.2) is 0 Å². The molecule has 2 bridgehead atoms. The molecule has 0 aromatic heterocycles. The van der Waals surface area contributed by atoms with Crippen molar-refractivity contribution in [2.45, 2.75) is 89.4 Å². The molecule has 2 saturated carbocycles. The number of nitrogens with zero attached hydrogens (tertiary/aromatic N) is 1. The number of rotatable bonds is 13. The molecule has 3 N–H and O–H groups in total. The fourth-order valence-corrected chi connectivity index (χ4v) is 7.13. The van der Waals surface area contributed by atoms with Crippen LogP contribution in [-0.4, -0.2) is 64.9 Å². The van der Waals surface area contributed by atoms with Crippen LogP contribution in [0.15, 0.2) is 35.9 Å². The average molecular weight is 639 g/mol. The fourth-order valence-electron chi connectivity index (χ4n) is 6.62. The molecule has 1 aromatic rings. The molecule has 4 rings (SSSR count). The Morgan fingerprint density at radius 2 is 1.97 bits per heavy atom. The van der Waals surface area contributed by atoms with Crippen LogP contribution in [-0.2, 0) is 9.59 Å². The first kappa shape index (κ1) is 29.3. The molecule has 3 aliphatic carbocycles. The lowest BCUT2D eigenvalue weighted by atomic mass is 9.84. The second kappa shape index (κ2) is 14.1. The van der Waals surface area contributed by atoms with Gasteiger partial charge >= 0.3 is 0 Å². The number of amides is 2. The third-order valence-corrected chi connectivity index (χ3v) is 9.50. The molecule has 3 unspecified atom stereocenters. The summed E-state index contributed by atoms with van der Waals surface area (Å²) in [7, 11) is 0. The summed E-state index contributed by atoms with van der Waals surface area (Å²) in [6.07, 6.45) is 9.77. The highest BCUT2D eigenvalue weighted by molar-refractivity contribution is 14.1. The third kappa shape index (κ3) is 7.30. The summed E-state index contributed by atoms with van der Waals surface area (Å²) in [5.74, 6) is 2.28. The minimum absolute atomic E-state index is 0.0909. The van der Waals surface area contributed by atoms with Crippen molar-refractivity contribution in [1.82, 2.24) is 10.2 Å². The van der Waals surface area contributed by atoms with Gasteiger partial charge in [-0.2, -0.15) is 0 Å². The number of carbonyl (C=O) groups is 2. The maximum atomic E-state index is 13.9. The Hall–Kier alpha value is -1.65. The van der Waals surface area contributed by atoms with Crippen LogP contribution in [0.1, 0.15) is 71.1 Å². The van der Waals surface area contributed by atoms with Gasteiger partial charge in [0.2, 0.25) is 11.8 Å². The number of para-hydroxylation sites is 1. The second-order valence-corrected chi connectivity index (χ2v) is 12.4. The molecule has 1 aromatic carbocycles. The molecule has 210 valence electrons. The van der Waals surface area contributed by atoms with Crippen molar-refractivity contribution in [1.29, 1.82) is 0 Å². The number of carbonyl (C=O) groups excluding carboxylic acids is 2. The summed E-state index contributed by atoms with van der Waals surface area (Å²) >= 11 is 2.19. The molecule has 0 spiro atoms. The summed E-state index contributed by atoms with van der Waals surface area (Å²) in [4.78, 5) is 28.7. The molecule has 2 fully saturated rings. The lowest BCUT2D eigenvalue weighted by Crippen LogP contribution is -2.55. The highest BCUT2D eigenvalue weighted by Crippen LogP contribution is 2.49. The van der Waals surface area contributed by atoms with E-state index in [2.05, 4.69) is 34.8 Å². The molecule has 2 amide bonds. The molecule has 0 heterocycles. The van der Waals surface area contributed by atoms with Crippen LogP contribution >= 0.6 is 22.6 Å². The normalized spacial score (nSPS) is 28.2. The Kier molecular flexibility index (Phi) is 10.9. The Labute approximate surface area is 240 Å². The fraction of sp³-hybridized carbons (Fsp3) is 0.667. The van der Waals surface area contributed by atoms with Gasteiger partial charge < -0.3 is 25.2 Å². The summed E-state index contributed by atoms with van der Waals surface area (Å²) in [5.41, 5.74) is 0.482. The smallest absolute Gasteiger partial charge is 0.247 e. The monoisotopic (exact) mass is 638 g/mol. The van der Waals surface area contributed by atoms with Crippen molar-refractivity contribution >= 4 is 34.4 Å². The molecule has 38 heavy (non-hydrogen) atoms. The standard InChI is InChI=1S/C30H43IN2O5/c1-2-3-4-7-13-33(28(35)19-22-16-20-10-11-21(22)15-20)25-17-23(30(37)32-12-14-34)18-27(29(25)36)38-26-9-6-5-8-24(26)31/h5-6,8-9,18,20-22,25,27,29,34,36H,2-4,7,10-17,19H2,1H3,(H,32,37)/t20?,21?,22?,25-,27+,29+/m1/s1. The molecule has 7 nitrogen and oxygen atoms in total. The lowest BCUT2D eigenvalue weighted by molar-refractivity contribution is -0.140. The molecule has 0 aliphatic heterocycles. The quantitative estimate of drug-likeness (QED) is 0.219. The molecule has 0 saturated heterocycles. The van der Waals surface area contributed by atoms with E-state index in [-0.39, 0.29) is 31.4 Å². The Bertz CT molecular complexity index is 985. The first-order chi connectivity index (χ1) is 18.4. The topological polar surface area (TPSA) is 99.1 Å². The summed E-state index contributed by atoms with van der Waals surface area (Å²) < 4.78 is 7.16. The van der Waals surface area contributed by atoms with E-state index in [9.17, 15) is 19.8 Å². The van der Waals surface area contributed by atoms with Crippen molar-refractivity contribution in [2.75, 3.05) is 19.7 Å². The van der Waals surface area contributed by atoms with Crippen LogP contribution in [0, 0.1) is 21.3 Å². The molecule has 8 heteroatoms. The van der Waals surface area contributed by atoms with Crippen molar-refractivity contribution in [3.63, 3.8) is 0 Å². The minimum Gasteiger partial charge on any atom is -0.482 e. The number of hydrogen-bond donors (Lipinski definition) is 3. The number of ether oxygens (including phenoxy) is 1. The van der Waals surface area contributed by atoms with Crippen LogP contribution in [0.3, 0.4) is 0 Å². The van der Waals surface area contributed by atoms with Gasteiger partial charge in [0.15, 0.2) is 0 Å². The zero-order chi connectivity index (χ0) is 27.1. The highest BCUT2D eigenvalue weighted by Gasteiger charge is 2.44. The van der Waals surface area contributed by atoms with E-state index >= 15 is 0 Å². The maximum Gasteiger partial charge on any atom is 0.247 e. The van der Waals surface area contributed by atoms with Gasteiger partial charge in [0.1, 0.15) is 18.0 Å². The number of aliphatic hydroxyl groups excluding tert-OH is 2. The van der Waals surface area contributed by atoms with Crippen molar-refractivity contribution in [3.8, 4) is 5.75 Å². The second-order valence-electron chi connectivity index (χ2n) is 11.2. The predicted octanol–water partition coefficient (Wildman–Crippen LogP) is 4.44. The zero-order valence-corrected chi connectivity index (χ0v) is 24.6.